The van der Waals surface area contributed by atoms with Gasteiger partial charge in [-0.25, -0.2) is 12.8 Å². The van der Waals surface area contributed by atoms with Gasteiger partial charge in [0, 0.05) is 0 Å². The summed E-state index contributed by atoms with van der Waals surface area (Å²) < 4.78 is 38.1. The number of hydrogen-bond acceptors (Lipinski definition) is 4. The lowest BCUT2D eigenvalue weighted by Crippen LogP contribution is -2.43. The van der Waals surface area contributed by atoms with Gasteiger partial charge in [0.15, 0.2) is 0 Å². The standard InChI is InChI=1S/C9H9ClFNO5S/c10-6-2-1-5(11)3-8(6)18(16,17)12-7(4-13)9(14)15/h1-3,7,12-13H,4H2,(H,14,15)/t7-/m0/s1. The molecule has 0 fully saturated rings. The van der Waals surface area contributed by atoms with Gasteiger partial charge in [0.25, 0.3) is 0 Å². The Morgan fingerprint density at radius 2 is 2.11 bits per heavy atom. The molecule has 3 N–H and O–H groups in total. The van der Waals surface area contributed by atoms with E-state index in [1.54, 1.807) is 4.72 Å². The minimum atomic E-state index is -4.33. The van der Waals surface area contributed by atoms with Gasteiger partial charge in [-0.05, 0) is 18.2 Å². The number of aliphatic hydroxyl groups excluding tert-OH is 1. The van der Waals surface area contributed by atoms with E-state index in [2.05, 4.69) is 0 Å². The van der Waals surface area contributed by atoms with Crippen molar-refractivity contribution in [3.63, 3.8) is 0 Å². The lowest BCUT2D eigenvalue weighted by molar-refractivity contribution is -0.139. The first kappa shape index (κ1) is 14.8. The molecule has 0 aliphatic rings. The van der Waals surface area contributed by atoms with Crippen molar-refractivity contribution in [1.29, 1.82) is 0 Å². The Kier molecular flexibility index (Phi) is 4.63. The summed E-state index contributed by atoms with van der Waals surface area (Å²) in [5, 5.41) is 17.1. The van der Waals surface area contributed by atoms with Crippen molar-refractivity contribution in [2.45, 2.75) is 10.9 Å². The molecule has 0 aliphatic heterocycles. The first-order chi connectivity index (χ1) is 8.27. The van der Waals surface area contributed by atoms with Gasteiger partial charge >= 0.3 is 5.97 Å². The van der Waals surface area contributed by atoms with Crippen molar-refractivity contribution in [2.24, 2.45) is 0 Å². The van der Waals surface area contributed by atoms with Crippen molar-refractivity contribution >= 4 is 27.6 Å². The van der Waals surface area contributed by atoms with Crippen LogP contribution in [0.4, 0.5) is 4.39 Å². The van der Waals surface area contributed by atoms with Gasteiger partial charge in [0.1, 0.15) is 16.8 Å². The molecule has 0 heterocycles. The number of aliphatic carboxylic acids is 1. The Balaban J connectivity index is 3.14. The third-order valence-corrected chi connectivity index (χ3v) is 3.91. The summed E-state index contributed by atoms with van der Waals surface area (Å²) in [7, 11) is -4.33. The second kappa shape index (κ2) is 5.61. The van der Waals surface area contributed by atoms with E-state index in [9.17, 15) is 17.6 Å². The highest BCUT2D eigenvalue weighted by atomic mass is 35.5. The Hall–Kier alpha value is -1.22. The van der Waals surface area contributed by atoms with Crippen LogP contribution >= 0.6 is 11.6 Å². The molecule has 1 aromatic carbocycles. The van der Waals surface area contributed by atoms with Gasteiger partial charge in [-0.3, -0.25) is 4.79 Å². The lowest BCUT2D eigenvalue weighted by atomic mass is 10.3. The zero-order valence-electron chi connectivity index (χ0n) is 8.80. The highest BCUT2D eigenvalue weighted by Crippen LogP contribution is 2.22. The minimum Gasteiger partial charge on any atom is -0.480 e. The van der Waals surface area contributed by atoms with Gasteiger partial charge in [-0.2, -0.15) is 4.72 Å². The fourth-order valence-electron chi connectivity index (χ4n) is 1.10. The molecule has 0 radical (unpaired) electrons. The normalized spacial score (nSPS) is 13.3. The number of nitrogens with one attached hydrogen (secondary N) is 1. The molecule has 0 spiro atoms. The Bertz CT molecular complexity index is 562. The van der Waals surface area contributed by atoms with Crippen LogP contribution in [0.3, 0.4) is 0 Å². The number of carboxylic acids is 1. The molecule has 0 saturated carbocycles. The third-order valence-electron chi connectivity index (χ3n) is 1.96. The number of aliphatic hydroxyl groups is 1. The first-order valence-corrected chi connectivity index (χ1v) is 6.45. The summed E-state index contributed by atoms with van der Waals surface area (Å²) in [6, 6.07) is 0.915. The average molecular weight is 298 g/mol. The fourth-order valence-corrected chi connectivity index (χ4v) is 2.79. The molecular formula is C9H9ClFNO5S. The van der Waals surface area contributed by atoms with Crippen molar-refractivity contribution in [1.82, 2.24) is 4.72 Å². The summed E-state index contributed by atoms with van der Waals surface area (Å²) >= 11 is 5.59. The first-order valence-electron chi connectivity index (χ1n) is 4.59. The SMILES string of the molecule is O=C(O)[C@H](CO)NS(=O)(=O)c1cc(F)ccc1Cl. The van der Waals surface area contributed by atoms with Crippen LogP contribution in [0.5, 0.6) is 0 Å². The Morgan fingerprint density at radius 3 is 2.61 bits per heavy atom. The van der Waals surface area contributed by atoms with Crippen LogP contribution in [0.25, 0.3) is 0 Å². The van der Waals surface area contributed by atoms with Crippen LogP contribution in [0.15, 0.2) is 23.1 Å². The summed E-state index contributed by atoms with van der Waals surface area (Å²) in [6.07, 6.45) is 0. The predicted molar refractivity (Wildman–Crippen MR) is 60.2 cm³/mol. The monoisotopic (exact) mass is 297 g/mol. The molecule has 0 aromatic heterocycles. The summed E-state index contributed by atoms with van der Waals surface area (Å²) in [6.45, 7) is -0.943. The van der Waals surface area contributed by atoms with E-state index < -0.39 is 39.4 Å². The van der Waals surface area contributed by atoms with Crippen LogP contribution in [-0.2, 0) is 14.8 Å². The van der Waals surface area contributed by atoms with Crippen LogP contribution in [0.2, 0.25) is 5.02 Å². The fraction of sp³-hybridized carbons (Fsp3) is 0.222. The zero-order valence-corrected chi connectivity index (χ0v) is 10.4. The highest BCUT2D eigenvalue weighted by molar-refractivity contribution is 7.89. The van der Waals surface area contributed by atoms with Crippen LogP contribution in [0.1, 0.15) is 0 Å². The minimum absolute atomic E-state index is 0.258. The number of benzene rings is 1. The molecule has 1 atom stereocenters. The van der Waals surface area contributed by atoms with Crippen molar-refractivity contribution in [3.05, 3.63) is 29.0 Å². The van der Waals surface area contributed by atoms with Crippen molar-refractivity contribution < 1.29 is 27.8 Å². The zero-order chi connectivity index (χ0) is 13.9. The van der Waals surface area contributed by atoms with E-state index in [0.29, 0.717) is 6.07 Å². The average Bonchev–Trinajstić information content (AvgIpc) is 2.28. The van der Waals surface area contributed by atoms with Crippen LogP contribution in [-0.4, -0.2) is 37.2 Å². The Labute approximate surface area is 107 Å². The third kappa shape index (κ3) is 3.39. The molecule has 100 valence electrons. The second-order valence-electron chi connectivity index (χ2n) is 3.27. The topological polar surface area (TPSA) is 104 Å². The molecule has 1 rings (SSSR count). The molecule has 1 aromatic rings. The Morgan fingerprint density at radius 1 is 1.50 bits per heavy atom. The molecule has 0 bridgehead atoms. The summed E-state index contributed by atoms with van der Waals surface area (Å²) in [5.74, 6) is -2.40. The van der Waals surface area contributed by atoms with Gasteiger partial charge in [0.05, 0.1) is 11.6 Å². The molecule has 0 unspecified atom stereocenters. The number of rotatable bonds is 5. The lowest BCUT2D eigenvalue weighted by Gasteiger charge is -2.13. The molecule has 0 saturated heterocycles. The van der Waals surface area contributed by atoms with Gasteiger partial charge in [-0.1, -0.05) is 11.6 Å². The number of carboxylic acid groups (broad SMARTS) is 1. The van der Waals surface area contributed by atoms with Gasteiger partial charge < -0.3 is 10.2 Å². The molecule has 6 nitrogen and oxygen atoms in total. The largest absolute Gasteiger partial charge is 0.480 e. The maximum atomic E-state index is 12.9. The summed E-state index contributed by atoms with van der Waals surface area (Å²) in [4.78, 5) is 10.0. The van der Waals surface area contributed by atoms with Crippen molar-refractivity contribution in [2.75, 3.05) is 6.61 Å². The molecule has 9 heteroatoms. The number of hydrogen-bond donors (Lipinski definition) is 3. The van der Waals surface area contributed by atoms with E-state index in [1.807, 2.05) is 0 Å². The molecule has 0 aliphatic carbocycles. The molecule has 0 amide bonds. The number of halogens is 2. The molecular weight excluding hydrogens is 289 g/mol. The smallest absolute Gasteiger partial charge is 0.324 e. The highest BCUT2D eigenvalue weighted by Gasteiger charge is 2.26. The van der Waals surface area contributed by atoms with E-state index in [-0.39, 0.29) is 5.02 Å². The van der Waals surface area contributed by atoms with E-state index in [0.717, 1.165) is 12.1 Å². The van der Waals surface area contributed by atoms with E-state index in [1.165, 1.54) is 0 Å². The quantitative estimate of drug-likeness (QED) is 0.720. The predicted octanol–water partition coefficient (Wildman–Crippen LogP) is 0.203. The van der Waals surface area contributed by atoms with Gasteiger partial charge in [-0.15, -0.1) is 0 Å². The van der Waals surface area contributed by atoms with Crippen molar-refractivity contribution in [3.8, 4) is 0 Å². The van der Waals surface area contributed by atoms with Gasteiger partial charge in [0.2, 0.25) is 10.0 Å². The maximum Gasteiger partial charge on any atom is 0.324 e. The maximum absolute atomic E-state index is 12.9. The van der Waals surface area contributed by atoms with E-state index in [4.69, 9.17) is 21.8 Å². The number of sulfonamides is 1. The second-order valence-corrected chi connectivity index (χ2v) is 5.36. The van der Waals surface area contributed by atoms with E-state index >= 15 is 0 Å². The number of carbonyl (C=O) groups is 1. The van der Waals surface area contributed by atoms with Crippen LogP contribution < -0.4 is 4.72 Å². The summed E-state index contributed by atoms with van der Waals surface area (Å²) in [5.41, 5.74) is 0. The van der Waals surface area contributed by atoms with Crippen LogP contribution in [0, 0.1) is 5.82 Å². The molecule has 18 heavy (non-hydrogen) atoms.